The predicted molar refractivity (Wildman–Crippen MR) is 68.0 cm³/mol. The zero-order chi connectivity index (χ0) is 13.1. The van der Waals surface area contributed by atoms with Gasteiger partial charge in [0.25, 0.3) is 0 Å². The summed E-state index contributed by atoms with van der Waals surface area (Å²) in [6, 6.07) is 7.67. The average molecular weight is 245 g/mol. The van der Waals surface area contributed by atoms with Crippen molar-refractivity contribution in [3.8, 4) is 0 Å². The fraction of sp³-hybridized carbons (Fsp3) is 0.286. The SMILES string of the molecule is CC(=O)CC(=O)N(C)Cc1coc2ccccc12. The number of amides is 1. The molecule has 0 saturated heterocycles. The molecule has 2 aromatic rings. The highest BCUT2D eigenvalue weighted by molar-refractivity contribution is 5.96. The molecule has 1 heterocycles. The summed E-state index contributed by atoms with van der Waals surface area (Å²) in [6.45, 7) is 1.86. The molecule has 0 aliphatic heterocycles. The molecule has 4 nitrogen and oxygen atoms in total. The van der Waals surface area contributed by atoms with Gasteiger partial charge in [0.15, 0.2) is 0 Å². The van der Waals surface area contributed by atoms with Gasteiger partial charge in [0.05, 0.1) is 12.7 Å². The lowest BCUT2D eigenvalue weighted by Gasteiger charge is -2.15. The van der Waals surface area contributed by atoms with Crippen molar-refractivity contribution in [3.63, 3.8) is 0 Å². The Morgan fingerprint density at radius 3 is 2.72 bits per heavy atom. The third kappa shape index (κ3) is 2.59. The van der Waals surface area contributed by atoms with E-state index in [2.05, 4.69) is 0 Å². The van der Waals surface area contributed by atoms with E-state index in [0.29, 0.717) is 6.54 Å². The van der Waals surface area contributed by atoms with E-state index < -0.39 is 0 Å². The van der Waals surface area contributed by atoms with Gasteiger partial charge < -0.3 is 9.32 Å². The first kappa shape index (κ1) is 12.4. The molecular formula is C14H15NO3. The van der Waals surface area contributed by atoms with Crippen molar-refractivity contribution >= 4 is 22.7 Å². The Labute approximate surface area is 105 Å². The van der Waals surface area contributed by atoms with Crippen LogP contribution in [0, 0.1) is 0 Å². The second kappa shape index (κ2) is 5.04. The standard InChI is InChI=1S/C14H15NO3/c1-10(16)7-14(17)15(2)8-11-9-18-13-6-4-3-5-12(11)13/h3-6,9H,7-8H2,1-2H3. The summed E-state index contributed by atoms with van der Waals surface area (Å²) in [5, 5.41) is 1.000. The number of rotatable bonds is 4. The Morgan fingerprint density at radius 2 is 2.00 bits per heavy atom. The number of hydrogen-bond acceptors (Lipinski definition) is 3. The van der Waals surface area contributed by atoms with Crippen LogP contribution in [0.3, 0.4) is 0 Å². The fourth-order valence-corrected chi connectivity index (χ4v) is 1.85. The van der Waals surface area contributed by atoms with Gasteiger partial charge in [-0.25, -0.2) is 0 Å². The van der Waals surface area contributed by atoms with Crippen molar-refractivity contribution in [2.45, 2.75) is 19.9 Å². The molecule has 0 saturated carbocycles. The highest BCUT2D eigenvalue weighted by atomic mass is 16.3. The number of carbonyl (C=O) groups is 2. The van der Waals surface area contributed by atoms with E-state index in [9.17, 15) is 9.59 Å². The Bertz CT molecular complexity index is 585. The highest BCUT2D eigenvalue weighted by Crippen LogP contribution is 2.21. The van der Waals surface area contributed by atoms with Crippen LogP contribution in [0.5, 0.6) is 0 Å². The van der Waals surface area contributed by atoms with Crippen LogP contribution in [-0.4, -0.2) is 23.6 Å². The minimum absolute atomic E-state index is 0.0493. The monoisotopic (exact) mass is 245 g/mol. The van der Waals surface area contributed by atoms with Gasteiger partial charge in [-0.1, -0.05) is 18.2 Å². The van der Waals surface area contributed by atoms with Crippen LogP contribution < -0.4 is 0 Å². The van der Waals surface area contributed by atoms with Gasteiger partial charge in [-0.05, 0) is 13.0 Å². The van der Waals surface area contributed by atoms with Crippen LogP contribution in [0.1, 0.15) is 18.9 Å². The maximum atomic E-state index is 11.7. The maximum absolute atomic E-state index is 11.7. The van der Waals surface area contributed by atoms with Gasteiger partial charge >= 0.3 is 0 Å². The molecule has 0 unspecified atom stereocenters. The highest BCUT2D eigenvalue weighted by Gasteiger charge is 2.14. The maximum Gasteiger partial charge on any atom is 0.230 e. The van der Waals surface area contributed by atoms with Crippen LogP contribution >= 0.6 is 0 Å². The first-order chi connectivity index (χ1) is 8.58. The topological polar surface area (TPSA) is 50.5 Å². The number of fused-ring (bicyclic) bond motifs is 1. The molecule has 0 radical (unpaired) electrons. The second-order valence-corrected chi connectivity index (χ2v) is 4.39. The van der Waals surface area contributed by atoms with Crippen LogP contribution in [0.4, 0.5) is 0 Å². The molecule has 1 aromatic carbocycles. The minimum atomic E-state index is -0.173. The normalized spacial score (nSPS) is 10.6. The zero-order valence-corrected chi connectivity index (χ0v) is 10.5. The van der Waals surface area contributed by atoms with E-state index in [1.807, 2.05) is 24.3 Å². The molecule has 0 bridgehead atoms. The summed E-state index contributed by atoms with van der Waals surface area (Å²) in [5.74, 6) is -0.295. The van der Waals surface area contributed by atoms with Crippen LogP contribution in [0.25, 0.3) is 11.0 Å². The number of hydrogen-bond donors (Lipinski definition) is 0. The molecular weight excluding hydrogens is 230 g/mol. The molecule has 0 atom stereocenters. The molecule has 0 fully saturated rings. The first-order valence-electron chi connectivity index (χ1n) is 5.76. The second-order valence-electron chi connectivity index (χ2n) is 4.39. The largest absolute Gasteiger partial charge is 0.464 e. The predicted octanol–water partition coefficient (Wildman–Crippen LogP) is 2.37. The van der Waals surface area contributed by atoms with Crippen molar-refractivity contribution in [2.24, 2.45) is 0 Å². The number of Topliss-reactive ketones (excluding diaryl/α,β-unsaturated/α-hetero) is 1. The van der Waals surface area contributed by atoms with E-state index in [4.69, 9.17) is 4.42 Å². The third-order valence-electron chi connectivity index (χ3n) is 2.79. The molecule has 1 aromatic heterocycles. The molecule has 0 aliphatic carbocycles. The Kier molecular flexibility index (Phi) is 3.46. The van der Waals surface area contributed by atoms with E-state index >= 15 is 0 Å². The van der Waals surface area contributed by atoms with E-state index in [1.54, 1.807) is 18.2 Å². The van der Waals surface area contributed by atoms with Crippen molar-refractivity contribution < 1.29 is 14.0 Å². The first-order valence-corrected chi connectivity index (χ1v) is 5.76. The Balaban J connectivity index is 2.14. The lowest BCUT2D eigenvalue weighted by molar-refractivity contribution is -0.134. The van der Waals surface area contributed by atoms with E-state index in [1.165, 1.54) is 6.92 Å². The van der Waals surface area contributed by atoms with Gasteiger partial charge in [-0.2, -0.15) is 0 Å². The van der Waals surface area contributed by atoms with Gasteiger partial charge in [-0.3, -0.25) is 9.59 Å². The molecule has 1 amide bonds. The number of carbonyl (C=O) groups excluding carboxylic acids is 2. The van der Waals surface area contributed by atoms with Crippen LogP contribution in [-0.2, 0) is 16.1 Å². The summed E-state index contributed by atoms with van der Waals surface area (Å²) in [5.41, 5.74) is 1.75. The number of benzene rings is 1. The molecule has 2 rings (SSSR count). The van der Waals surface area contributed by atoms with Crippen molar-refractivity contribution in [3.05, 3.63) is 36.1 Å². The minimum Gasteiger partial charge on any atom is -0.464 e. The lowest BCUT2D eigenvalue weighted by Crippen LogP contribution is -2.27. The molecule has 4 heteroatoms. The zero-order valence-electron chi connectivity index (χ0n) is 10.5. The quantitative estimate of drug-likeness (QED) is 0.777. The number of furan rings is 1. The summed E-state index contributed by atoms with van der Waals surface area (Å²) >= 11 is 0. The van der Waals surface area contributed by atoms with Gasteiger partial charge in [0.1, 0.15) is 11.4 Å². The molecule has 94 valence electrons. The average Bonchev–Trinajstić information content (AvgIpc) is 2.72. The van der Waals surface area contributed by atoms with Crippen LogP contribution in [0.2, 0.25) is 0 Å². The summed E-state index contributed by atoms with van der Waals surface area (Å²) < 4.78 is 5.41. The Morgan fingerprint density at radius 1 is 1.28 bits per heavy atom. The number of para-hydroxylation sites is 1. The number of ketones is 1. The third-order valence-corrected chi connectivity index (χ3v) is 2.79. The van der Waals surface area contributed by atoms with Crippen molar-refractivity contribution in [2.75, 3.05) is 7.05 Å². The smallest absolute Gasteiger partial charge is 0.230 e. The Hall–Kier alpha value is -2.10. The van der Waals surface area contributed by atoms with E-state index in [0.717, 1.165) is 16.5 Å². The lowest BCUT2D eigenvalue weighted by atomic mass is 10.1. The van der Waals surface area contributed by atoms with Crippen LogP contribution in [0.15, 0.2) is 34.9 Å². The summed E-state index contributed by atoms with van der Waals surface area (Å²) in [4.78, 5) is 24.1. The molecule has 0 spiro atoms. The fourth-order valence-electron chi connectivity index (χ4n) is 1.85. The van der Waals surface area contributed by atoms with Crippen molar-refractivity contribution in [1.82, 2.24) is 4.90 Å². The molecule has 0 aliphatic rings. The van der Waals surface area contributed by atoms with Crippen molar-refractivity contribution in [1.29, 1.82) is 0 Å². The summed E-state index contributed by atoms with van der Waals surface area (Å²) in [7, 11) is 1.69. The van der Waals surface area contributed by atoms with Gasteiger partial charge in [-0.15, -0.1) is 0 Å². The number of nitrogens with zero attached hydrogens (tertiary/aromatic N) is 1. The summed E-state index contributed by atoms with van der Waals surface area (Å²) in [6.07, 6.45) is 1.61. The molecule has 18 heavy (non-hydrogen) atoms. The van der Waals surface area contributed by atoms with Gasteiger partial charge in [0.2, 0.25) is 5.91 Å². The van der Waals surface area contributed by atoms with E-state index in [-0.39, 0.29) is 18.1 Å². The molecule has 0 N–H and O–H groups in total. The van der Waals surface area contributed by atoms with Gasteiger partial charge in [0, 0.05) is 24.5 Å².